The number of halogens is 1. The van der Waals surface area contributed by atoms with Gasteiger partial charge in [0.05, 0.1) is 21.6 Å². The smallest absolute Gasteiger partial charge is 0.259 e. The average Bonchev–Trinajstić information content (AvgIpc) is 2.49. The van der Waals surface area contributed by atoms with E-state index in [0.717, 1.165) is 5.56 Å². The minimum atomic E-state index is -0.200. The predicted molar refractivity (Wildman–Crippen MR) is 84.9 cm³/mol. The number of pyridine rings is 1. The Morgan fingerprint density at radius 2 is 2.10 bits per heavy atom. The SMILES string of the molecule is O=c1[nH]c(/C=C/c2ccc(O)c(Br)c2)nc2cnccc12. The highest BCUT2D eigenvalue weighted by Crippen LogP contribution is 2.24. The predicted octanol–water partition coefficient (Wildman–Crippen LogP) is 2.96. The van der Waals surface area contributed by atoms with Crippen LogP contribution in [-0.2, 0) is 0 Å². The molecule has 2 heterocycles. The second-order valence-electron chi connectivity index (χ2n) is 4.39. The van der Waals surface area contributed by atoms with Crippen molar-refractivity contribution in [3.63, 3.8) is 0 Å². The molecule has 5 nitrogen and oxygen atoms in total. The Morgan fingerprint density at radius 3 is 2.90 bits per heavy atom. The zero-order valence-electron chi connectivity index (χ0n) is 10.7. The van der Waals surface area contributed by atoms with Crippen LogP contribution in [0.5, 0.6) is 5.75 Å². The van der Waals surface area contributed by atoms with Gasteiger partial charge in [0.2, 0.25) is 0 Å². The van der Waals surface area contributed by atoms with E-state index in [1.54, 1.807) is 48.8 Å². The molecule has 0 radical (unpaired) electrons. The van der Waals surface area contributed by atoms with Crippen molar-refractivity contribution in [2.75, 3.05) is 0 Å². The molecule has 0 amide bonds. The number of aromatic hydroxyl groups is 1. The molecule has 0 spiro atoms. The zero-order valence-corrected chi connectivity index (χ0v) is 12.3. The van der Waals surface area contributed by atoms with Crippen molar-refractivity contribution >= 4 is 39.0 Å². The lowest BCUT2D eigenvalue weighted by molar-refractivity contribution is 0.472. The highest BCUT2D eigenvalue weighted by molar-refractivity contribution is 9.10. The molecule has 0 unspecified atom stereocenters. The van der Waals surface area contributed by atoms with E-state index in [-0.39, 0.29) is 11.3 Å². The first-order valence-electron chi connectivity index (χ1n) is 6.14. The Morgan fingerprint density at radius 1 is 1.24 bits per heavy atom. The molecule has 104 valence electrons. The fourth-order valence-electron chi connectivity index (χ4n) is 1.89. The van der Waals surface area contributed by atoms with Gasteiger partial charge in [0, 0.05) is 6.20 Å². The normalized spacial score (nSPS) is 11.3. The first-order valence-corrected chi connectivity index (χ1v) is 6.93. The Hall–Kier alpha value is -2.47. The summed E-state index contributed by atoms with van der Waals surface area (Å²) in [6, 6.07) is 6.75. The van der Waals surface area contributed by atoms with Crippen molar-refractivity contribution in [3.8, 4) is 5.75 Å². The van der Waals surface area contributed by atoms with E-state index in [0.29, 0.717) is 21.2 Å². The molecule has 0 fully saturated rings. The summed E-state index contributed by atoms with van der Waals surface area (Å²) >= 11 is 3.25. The molecule has 3 rings (SSSR count). The number of fused-ring (bicyclic) bond motifs is 1. The molecule has 1 aromatic carbocycles. The third kappa shape index (κ3) is 2.85. The van der Waals surface area contributed by atoms with Crippen LogP contribution < -0.4 is 5.56 Å². The third-order valence-electron chi connectivity index (χ3n) is 2.93. The summed E-state index contributed by atoms with van der Waals surface area (Å²) in [5, 5.41) is 9.95. The molecular formula is C15H10BrN3O2. The summed E-state index contributed by atoms with van der Waals surface area (Å²) < 4.78 is 0.605. The summed E-state index contributed by atoms with van der Waals surface area (Å²) in [4.78, 5) is 22.9. The Kier molecular flexibility index (Phi) is 3.53. The maximum Gasteiger partial charge on any atom is 0.259 e. The molecule has 6 heteroatoms. The minimum absolute atomic E-state index is 0.176. The van der Waals surface area contributed by atoms with E-state index in [1.807, 2.05) is 0 Å². The van der Waals surface area contributed by atoms with Gasteiger partial charge in [-0.05, 0) is 45.8 Å². The van der Waals surface area contributed by atoms with Gasteiger partial charge in [-0.3, -0.25) is 9.78 Å². The highest BCUT2D eigenvalue weighted by Gasteiger charge is 2.01. The summed E-state index contributed by atoms with van der Waals surface area (Å²) in [6.07, 6.45) is 6.61. The minimum Gasteiger partial charge on any atom is -0.507 e. The number of nitrogens with one attached hydrogen (secondary N) is 1. The van der Waals surface area contributed by atoms with Gasteiger partial charge < -0.3 is 10.1 Å². The number of benzene rings is 1. The van der Waals surface area contributed by atoms with E-state index in [4.69, 9.17) is 0 Å². The standard InChI is InChI=1S/C15H10BrN3O2/c16-11-7-9(1-3-13(11)20)2-4-14-18-12-8-17-6-5-10(12)15(21)19-14/h1-8,20H,(H,18,19,21)/b4-2+. The maximum absolute atomic E-state index is 11.9. The maximum atomic E-state index is 11.9. The van der Waals surface area contributed by atoms with Gasteiger partial charge in [-0.2, -0.15) is 0 Å². The lowest BCUT2D eigenvalue weighted by atomic mass is 10.2. The summed E-state index contributed by atoms with van der Waals surface area (Å²) in [7, 11) is 0. The second-order valence-corrected chi connectivity index (χ2v) is 5.24. The van der Waals surface area contributed by atoms with Crippen LogP contribution in [0.15, 0.2) is 45.9 Å². The van der Waals surface area contributed by atoms with Gasteiger partial charge in [-0.1, -0.05) is 12.1 Å². The van der Waals surface area contributed by atoms with Crippen molar-refractivity contribution < 1.29 is 5.11 Å². The summed E-state index contributed by atoms with van der Waals surface area (Å²) in [6.45, 7) is 0. The van der Waals surface area contributed by atoms with E-state index in [9.17, 15) is 9.90 Å². The molecule has 0 bridgehead atoms. The highest BCUT2D eigenvalue weighted by atomic mass is 79.9. The van der Waals surface area contributed by atoms with Crippen LogP contribution in [0.2, 0.25) is 0 Å². The Labute approximate surface area is 128 Å². The average molecular weight is 344 g/mol. The first-order chi connectivity index (χ1) is 10.1. The number of aromatic amines is 1. The number of nitrogens with zero attached hydrogens (tertiary/aromatic N) is 2. The van der Waals surface area contributed by atoms with Gasteiger partial charge in [-0.25, -0.2) is 4.98 Å². The van der Waals surface area contributed by atoms with Crippen molar-refractivity contribution in [1.82, 2.24) is 15.0 Å². The number of phenolic OH excluding ortho intramolecular Hbond substituents is 1. The van der Waals surface area contributed by atoms with E-state index in [1.165, 1.54) is 0 Å². The molecule has 2 N–H and O–H groups in total. The zero-order chi connectivity index (χ0) is 14.8. The molecule has 0 aliphatic carbocycles. The van der Waals surface area contributed by atoms with Crippen molar-refractivity contribution in [3.05, 3.63) is 62.9 Å². The molecule has 0 atom stereocenters. The fraction of sp³-hybridized carbons (Fsp3) is 0. The fourth-order valence-corrected chi connectivity index (χ4v) is 2.29. The van der Waals surface area contributed by atoms with Gasteiger partial charge in [0.1, 0.15) is 11.6 Å². The van der Waals surface area contributed by atoms with Crippen LogP contribution in [0.1, 0.15) is 11.4 Å². The van der Waals surface area contributed by atoms with Crippen LogP contribution in [0, 0.1) is 0 Å². The van der Waals surface area contributed by atoms with Crippen molar-refractivity contribution in [2.24, 2.45) is 0 Å². The summed E-state index contributed by atoms with van der Waals surface area (Å²) in [5.74, 6) is 0.625. The van der Waals surface area contributed by atoms with Crippen LogP contribution in [0.3, 0.4) is 0 Å². The number of aromatic nitrogens is 3. The number of phenols is 1. The molecule has 21 heavy (non-hydrogen) atoms. The van der Waals surface area contributed by atoms with Gasteiger partial charge in [-0.15, -0.1) is 0 Å². The van der Waals surface area contributed by atoms with Crippen LogP contribution in [-0.4, -0.2) is 20.1 Å². The topological polar surface area (TPSA) is 78.9 Å². The van der Waals surface area contributed by atoms with Gasteiger partial charge >= 0.3 is 0 Å². The van der Waals surface area contributed by atoms with Gasteiger partial charge in [0.25, 0.3) is 5.56 Å². The lowest BCUT2D eigenvalue weighted by Crippen LogP contribution is -2.09. The number of hydrogen-bond donors (Lipinski definition) is 2. The molecule has 0 aliphatic rings. The monoisotopic (exact) mass is 343 g/mol. The van der Waals surface area contributed by atoms with Crippen LogP contribution in [0.4, 0.5) is 0 Å². The number of rotatable bonds is 2. The van der Waals surface area contributed by atoms with E-state index >= 15 is 0 Å². The van der Waals surface area contributed by atoms with Crippen molar-refractivity contribution in [1.29, 1.82) is 0 Å². The molecular weight excluding hydrogens is 334 g/mol. The molecule has 0 aliphatic heterocycles. The molecule has 3 aromatic rings. The van der Waals surface area contributed by atoms with Crippen molar-refractivity contribution in [2.45, 2.75) is 0 Å². The second kappa shape index (κ2) is 5.49. The molecule has 2 aromatic heterocycles. The summed E-state index contributed by atoms with van der Waals surface area (Å²) in [5.41, 5.74) is 1.22. The van der Waals surface area contributed by atoms with Crippen LogP contribution in [0.25, 0.3) is 23.1 Å². The quantitative estimate of drug-likeness (QED) is 0.749. The lowest BCUT2D eigenvalue weighted by Gasteiger charge is -1.99. The number of H-pyrrole nitrogens is 1. The molecule has 0 saturated heterocycles. The third-order valence-corrected chi connectivity index (χ3v) is 3.57. The van der Waals surface area contributed by atoms with E-state index < -0.39 is 0 Å². The Balaban J connectivity index is 1.99. The largest absolute Gasteiger partial charge is 0.507 e. The van der Waals surface area contributed by atoms with E-state index in [2.05, 4.69) is 30.9 Å². The molecule has 0 saturated carbocycles. The number of hydrogen-bond acceptors (Lipinski definition) is 4. The Bertz CT molecular complexity index is 903. The first kappa shape index (κ1) is 13.5. The van der Waals surface area contributed by atoms with Gasteiger partial charge in [0.15, 0.2) is 0 Å². The van der Waals surface area contributed by atoms with Crippen LogP contribution >= 0.6 is 15.9 Å².